The Kier molecular flexibility index (Phi) is 14.8. The molecule has 4 aliphatic heterocycles. The van der Waals surface area contributed by atoms with Gasteiger partial charge in [0.1, 0.15) is 23.1 Å². The third-order valence-corrected chi connectivity index (χ3v) is 19.8. The highest BCUT2D eigenvalue weighted by Gasteiger charge is 2.50. The first-order valence-corrected chi connectivity index (χ1v) is 30.1. The molecule has 1 spiro atoms. The summed E-state index contributed by atoms with van der Waals surface area (Å²) in [6.07, 6.45) is 8.67. The SMILES string of the molecule is CC(C)c1ccccc1[C@@H]1CN(Cc2ccc(F)c(F)c2)CCN1C1CC2(CCN(c3ccc(C(=O)NS(=O)(=O)c4ccc(NC[C@H]5CC[C@](C)(O)CC5)c([N+](=O)[O-])c4)c(N4c5cc6cc[nH]c6nc5O[C@H]5COCC[C@@H]54)c3)CC2)C1. The summed E-state index contributed by atoms with van der Waals surface area (Å²) in [7, 11) is -4.66. The molecule has 6 aromatic rings. The fraction of sp³-hybridized carbons (Fsp3) is 0.475. The predicted molar refractivity (Wildman–Crippen MR) is 306 cm³/mol. The fourth-order valence-electron chi connectivity index (χ4n) is 13.8. The van der Waals surface area contributed by atoms with Crippen LogP contribution in [0.3, 0.4) is 0 Å². The number of nitro benzene ring substituents is 1. The normalized spacial score (nSPS) is 24.3. The van der Waals surface area contributed by atoms with E-state index in [9.17, 15) is 37.2 Å². The summed E-state index contributed by atoms with van der Waals surface area (Å²) in [6.45, 7) is 11.9. The molecule has 4 aromatic carbocycles. The monoisotopic (exact) mass is 1130 g/mol. The number of pyridine rings is 1. The van der Waals surface area contributed by atoms with Gasteiger partial charge < -0.3 is 34.7 Å². The van der Waals surface area contributed by atoms with Crippen LogP contribution in [0.2, 0.25) is 0 Å². The molecule has 0 bridgehead atoms. The van der Waals surface area contributed by atoms with Crippen molar-refractivity contribution >= 4 is 55.4 Å². The molecule has 4 N–H and O–H groups in total. The van der Waals surface area contributed by atoms with Crippen LogP contribution in [0, 0.1) is 33.1 Å². The zero-order valence-corrected chi connectivity index (χ0v) is 46.9. The van der Waals surface area contributed by atoms with Gasteiger partial charge in [0.2, 0.25) is 5.88 Å². The maximum Gasteiger partial charge on any atom is 0.293 e. The molecule has 2 saturated carbocycles. The van der Waals surface area contributed by atoms with Crippen molar-refractivity contribution in [2.45, 2.75) is 126 Å². The van der Waals surface area contributed by atoms with E-state index in [-0.39, 0.29) is 41.3 Å². The fourth-order valence-corrected chi connectivity index (χ4v) is 14.8. The molecule has 3 saturated heterocycles. The molecule has 3 atom stereocenters. The number of ether oxygens (including phenoxy) is 2. The van der Waals surface area contributed by atoms with Crippen LogP contribution in [0.1, 0.15) is 118 Å². The van der Waals surface area contributed by atoms with Crippen molar-refractivity contribution in [2.75, 3.05) is 67.6 Å². The number of fused-ring (bicyclic) bond motifs is 3. The van der Waals surface area contributed by atoms with E-state index in [2.05, 4.69) is 72.7 Å². The van der Waals surface area contributed by atoms with Crippen LogP contribution in [0.25, 0.3) is 11.0 Å². The van der Waals surface area contributed by atoms with Gasteiger partial charge in [-0.05, 0) is 153 Å². The van der Waals surface area contributed by atoms with Crippen LogP contribution in [-0.2, 0) is 21.3 Å². The van der Waals surface area contributed by atoms with Gasteiger partial charge in [-0.2, -0.15) is 4.98 Å². The van der Waals surface area contributed by atoms with E-state index in [1.54, 1.807) is 18.3 Å². The highest BCUT2D eigenvalue weighted by molar-refractivity contribution is 7.90. The first-order chi connectivity index (χ1) is 38.9. The van der Waals surface area contributed by atoms with Gasteiger partial charge in [0.25, 0.3) is 21.6 Å². The zero-order chi connectivity index (χ0) is 56.4. The first kappa shape index (κ1) is 54.9. The number of aromatic nitrogens is 2. The largest absolute Gasteiger partial charge is 0.468 e. The highest BCUT2D eigenvalue weighted by atomic mass is 32.2. The number of aliphatic hydroxyl groups is 1. The van der Waals surface area contributed by atoms with Gasteiger partial charge in [-0.25, -0.2) is 21.9 Å². The molecule has 5 fully saturated rings. The third-order valence-electron chi connectivity index (χ3n) is 18.4. The Balaban J connectivity index is 0.800. The lowest BCUT2D eigenvalue weighted by atomic mass is 9.59. The van der Waals surface area contributed by atoms with Gasteiger partial charge in [-0.15, -0.1) is 0 Å². The van der Waals surface area contributed by atoms with Crippen molar-refractivity contribution < 1.29 is 41.5 Å². The molecule has 2 aromatic heterocycles. The van der Waals surface area contributed by atoms with Crippen LogP contribution in [0.5, 0.6) is 5.88 Å². The summed E-state index contributed by atoms with van der Waals surface area (Å²) in [5.41, 5.74) is 5.22. The Morgan fingerprint density at radius 2 is 1.72 bits per heavy atom. The van der Waals surface area contributed by atoms with E-state index in [1.807, 2.05) is 31.2 Å². The molecule has 6 heterocycles. The van der Waals surface area contributed by atoms with Crippen LogP contribution in [-0.4, -0.2) is 120 Å². The van der Waals surface area contributed by atoms with Crippen LogP contribution < -0.4 is 24.6 Å². The number of nitrogens with one attached hydrogen (secondary N) is 3. The number of halogens is 2. The van der Waals surface area contributed by atoms with Gasteiger partial charge in [0.05, 0.1) is 39.3 Å². The average Bonchev–Trinajstić information content (AvgIpc) is 3.93. The molecular weight excluding hydrogens is 1060 g/mol. The first-order valence-electron chi connectivity index (χ1n) is 28.6. The number of hydrogen-bond donors (Lipinski definition) is 4. The number of H-pyrrole nitrogens is 1. The lowest BCUT2D eigenvalue weighted by molar-refractivity contribution is -0.384. The van der Waals surface area contributed by atoms with Crippen LogP contribution in [0.4, 0.5) is 37.2 Å². The Bertz CT molecular complexity index is 3460. The average molecular weight is 1130 g/mol. The van der Waals surface area contributed by atoms with Crippen molar-refractivity contribution in [3.8, 4) is 5.88 Å². The number of benzene rings is 4. The molecule has 12 rings (SSSR count). The van der Waals surface area contributed by atoms with Crippen molar-refractivity contribution in [3.63, 3.8) is 0 Å². The minimum Gasteiger partial charge on any atom is -0.468 e. The number of rotatable bonds is 14. The molecular formula is C61H71F2N9O8S. The lowest BCUT2D eigenvalue weighted by Gasteiger charge is -2.58. The van der Waals surface area contributed by atoms with E-state index in [0.29, 0.717) is 73.8 Å². The smallest absolute Gasteiger partial charge is 0.293 e. The van der Waals surface area contributed by atoms with E-state index < -0.39 is 54.8 Å². The molecule has 20 heteroatoms. The number of hydrogen-bond acceptors (Lipinski definition) is 14. The van der Waals surface area contributed by atoms with E-state index in [1.165, 1.54) is 35.4 Å². The van der Waals surface area contributed by atoms with Gasteiger partial charge in [0.15, 0.2) is 11.6 Å². The van der Waals surface area contributed by atoms with Gasteiger partial charge in [-0.1, -0.05) is 44.2 Å². The number of carbonyl (C=O) groups excluding carboxylic acids is 1. The molecule has 81 heavy (non-hydrogen) atoms. The minimum atomic E-state index is -4.66. The van der Waals surface area contributed by atoms with Crippen molar-refractivity contribution in [2.24, 2.45) is 11.3 Å². The molecule has 6 aliphatic rings. The number of carbonyl (C=O) groups is 1. The summed E-state index contributed by atoms with van der Waals surface area (Å²) in [4.78, 5) is 43.7. The topological polar surface area (TPSA) is 199 Å². The second-order valence-corrected chi connectivity index (χ2v) is 25.8. The van der Waals surface area contributed by atoms with Crippen molar-refractivity contribution in [1.29, 1.82) is 0 Å². The second-order valence-electron chi connectivity index (χ2n) is 24.1. The van der Waals surface area contributed by atoms with E-state index in [0.717, 1.165) is 94.0 Å². The molecule has 0 radical (unpaired) electrons. The van der Waals surface area contributed by atoms with Gasteiger partial charge in [0, 0.05) is 87.8 Å². The number of nitrogens with zero attached hydrogens (tertiary/aromatic N) is 6. The summed E-state index contributed by atoms with van der Waals surface area (Å²) in [5.74, 6) is -1.72. The third kappa shape index (κ3) is 11.1. The number of amides is 1. The quantitative estimate of drug-likeness (QED) is 0.0593. The maximum absolute atomic E-state index is 14.8. The van der Waals surface area contributed by atoms with Gasteiger partial charge >= 0.3 is 0 Å². The highest BCUT2D eigenvalue weighted by Crippen LogP contribution is 2.54. The number of piperazine rings is 1. The number of nitro groups is 1. The number of piperidine rings is 1. The van der Waals surface area contributed by atoms with Crippen molar-refractivity contribution in [1.82, 2.24) is 24.5 Å². The maximum atomic E-state index is 14.8. The Morgan fingerprint density at radius 1 is 0.926 bits per heavy atom. The number of aromatic amines is 1. The van der Waals surface area contributed by atoms with Crippen LogP contribution in [0.15, 0.2) is 102 Å². The molecule has 1 amide bonds. The Labute approximate surface area is 471 Å². The molecule has 428 valence electrons. The van der Waals surface area contributed by atoms with E-state index >= 15 is 0 Å². The summed E-state index contributed by atoms with van der Waals surface area (Å²) >= 11 is 0. The van der Waals surface area contributed by atoms with Crippen molar-refractivity contribution in [3.05, 3.63) is 141 Å². The predicted octanol–water partition coefficient (Wildman–Crippen LogP) is 10.3. The summed E-state index contributed by atoms with van der Waals surface area (Å²) in [6, 6.07) is 26.1. The second kappa shape index (κ2) is 21.9. The molecule has 2 aliphatic carbocycles. The standard InChI is InChI=1S/C61H71F2N9O8S/c1-38(2)45-6-4-5-7-46(45)55-36-68(35-40-8-12-48(62)49(63)28-40)25-26-70(55)43-32-61(33-43)20-23-69(24-21-61)42-9-11-47(52(30-42)71-51-17-27-79-37-56(51)80-59-54(71)29-41-16-22-64-57(41)66-59)58(73)67-81(77,78)44-10-13-50(53(31-44)72(75)76)65-34-39-14-18-60(3,74)19-15-39/h4-13,16,22,28-31,38-39,43,51,55-56,65,74H,14-15,17-21,23-27,32-37H2,1-3H3,(H,64,66)(H,67,73)/t39-,51-,55-,56-,60-/m0/s1. The molecule has 0 unspecified atom stereocenters. The Morgan fingerprint density at radius 3 is 2.48 bits per heavy atom. The van der Waals surface area contributed by atoms with Crippen LogP contribution >= 0.6 is 0 Å². The minimum absolute atomic E-state index is 0.0858. The lowest BCUT2D eigenvalue weighted by Crippen LogP contribution is -2.60. The number of sulfonamides is 1. The summed E-state index contributed by atoms with van der Waals surface area (Å²) < 4.78 is 71.5. The van der Waals surface area contributed by atoms with E-state index in [4.69, 9.17) is 14.5 Å². The number of anilines is 4. The Hall–Kier alpha value is -6.71. The van der Waals surface area contributed by atoms with Gasteiger partial charge in [-0.3, -0.25) is 24.7 Å². The summed E-state index contributed by atoms with van der Waals surface area (Å²) in [5, 5.41) is 26.8. The zero-order valence-electron chi connectivity index (χ0n) is 46.1. The molecule has 17 nitrogen and oxygen atoms in total.